The predicted octanol–water partition coefficient (Wildman–Crippen LogP) is 2.17. The van der Waals surface area contributed by atoms with Crippen molar-refractivity contribution in [3.8, 4) is 5.75 Å². The lowest BCUT2D eigenvalue weighted by molar-refractivity contribution is -0.123. The van der Waals surface area contributed by atoms with E-state index in [0.717, 1.165) is 11.1 Å². The summed E-state index contributed by atoms with van der Waals surface area (Å²) >= 11 is 0. The van der Waals surface area contributed by atoms with Crippen LogP contribution in [0.4, 0.5) is 0 Å². The van der Waals surface area contributed by atoms with Crippen LogP contribution in [0.15, 0.2) is 47.4 Å². The number of hydrogen-bond donors (Lipinski definition) is 2. The third-order valence-corrected chi connectivity index (χ3v) is 6.50. The zero-order valence-corrected chi connectivity index (χ0v) is 18.4. The minimum Gasteiger partial charge on any atom is -0.483 e. The Morgan fingerprint density at radius 2 is 1.70 bits per heavy atom. The molecule has 2 aromatic rings. The van der Waals surface area contributed by atoms with Gasteiger partial charge >= 0.3 is 0 Å². The molecule has 0 aliphatic carbocycles. The highest BCUT2D eigenvalue weighted by Gasteiger charge is 2.22. The fraction of sp³-hybridized carbons (Fsp3) is 0.333. The highest BCUT2D eigenvalue weighted by molar-refractivity contribution is 7.89. The summed E-state index contributed by atoms with van der Waals surface area (Å²) < 4.78 is 32.0. The van der Waals surface area contributed by atoms with Gasteiger partial charge in [-0.2, -0.15) is 4.31 Å². The number of ether oxygens (including phenoxy) is 1. The van der Waals surface area contributed by atoms with E-state index in [0.29, 0.717) is 18.8 Å². The summed E-state index contributed by atoms with van der Waals surface area (Å²) in [5, 5.41) is 0. The van der Waals surface area contributed by atoms with E-state index < -0.39 is 21.8 Å². The zero-order chi connectivity index (χ0) is 22.3. The molecular weight excluding hydrogens is 406 g/mol. The van der Waals surface area contributed by atoms with Crippen LogP contribution in [-0.4, -0.2) is 44.2 Å². The van der Waals surface area contributed by atoms with E-state index in [1.807, 2.05) is 32.0 Å². The van der Waals surface area contributed by atoms with Crippen LogP contribution in [0.2, 0.25) is 0 Å². The summed E-state index contributed by atoms with van der Waals surface area (Å²) in [7, 11) is -3.69. The quantitative estimate of drug-likeness (QED) is 0.621. The molecule has 9 heteroatoms. The second-order valence-corrected chi connectivity index (χ2v) is 8.62. The van der Waals surface area contributed by atoms with Gasteiger partial charge in [0.1, 0.15) is 5.75 Å². The van der Waals surface area contributed by atoms with Crippen molar-refractivity contribution in [2.24, 2.45) is 0 Å². The van der Waals surface area contributed by atoms with Crippen LogP contribution in [0.5, 0.6) is 5.75 Å². The number of carbonyl (C=O) groups excluding carboxylic acids is 2. The van der Waals surface area contributed by atoms with E-state index in [1.165, 1.54) is 28.6 Å². The Morgan fingerprint density at radius 3 is 2.37 bits per heavy atom. The van der Waals surface area contributed by atoms with Crippen molar-refractivity contribution in [1.29, 1.82) is 0 Å². The van der Waals surface area contributed by atoms with Gasteiger partial charge in [0.2, 0.25) is 10.0 Å². The van der Waals surface area contributed by atoms with Crippen molar-refractivity contribution in [2.75, 3.05) is 19.7 Å². The fourth-order valence-electron chi connectivity index (χ4n) is 2.75. The lowest BCUT2D eigenvalue weighted by Crippen LogP contribution is -2.43. The maximum absolute atomic E-state index is 12.6. The van der Waals surface area contributed by atoms with Gasteiger partial charge in [-0.05, 0) is 49.2 Å². The van der Waals surface area contributed by atoms with Crippen molar-refractivity contribution in [3.63, 3.8) is 0 Å². The van der Waals surface area contributed by atoms with Crippen LogP contribution >= 0.6 is 0 Å². The van der Waals surface area contributed by atoms with Crippen LogP contribution in [0.1, 0.15) is 35.3 Å². The van der Waals surface area contributed by atoms with Crippen molar-refractivity contribution in [1.82, 2.24) is 15.2 Å². The third-order valence-electron chi connectivity index (χ3n) is 4.46. The van der Waals surface area contributed by atoms with Gasteiger partial charge in [-0.1, -0.05) is 32.0 Å². The molecule has 0 atom stereocenters. The number of hydrazine groups is 1. The molecule has 2 rings (SSSR count). The standard InChI is InChI=1S/C21H27N3O5S/c1-5-24(6-2)30(27,28)18-9-7-8-17(13-18)21(26)23-22-20(25)14-29-19-12-15(3)10-11-16(19)4/h7-13H,5-6,14H2,1-4H3,(H,22,25)(H,23,26). The van der Waals surface area contributed by atoms with E-state index in [2.05, 4.69) is 10.9 Å². The number of benzene rings is 2. The molecular formula is C21H27N3O5S. The van der Waals surface area contributed by atoms with E-state index in [1.54, 1.807) is 13.8 Å². The van der Waals surface area contributed by atoms with Crippen molar-refractivity contribution in [2.45, 2.75) is 32.6 Å². The minimum atomic E-state index is -3.69. The SMILES string of the molecule is CCN(CC)S(=O)(=O)c1cccc(C(=O)NNC(=O)COc2cc(C)ccc2C)c1. The Kier molecular flexibility index (Phi) is 7.96. The van der Waals surface area contributed by atoms with Crippen LogP contribution < -0.4 is 15.6 Å². The Bertz CT molecular complexity index is 1020. The monoisotopic (exact) mass is 433 g/mol. The number of aryl methyl sites for hydroxylation is 2. The van der Waals surface area contributed by atoms with Crippen LogP contribution in [0, 0.1) is 13.8 Å². The molecule has 8 nitrogen and oxygen atoms in total. The molecule has 0 spiro atoms. The van der Waals surface area contributed by atoms with Crippen LogP contribution in [0.3, 0.4) is 0 Å². The first kappa shape index (κ1) is 23.4. The predicted molar refractivity (Wildman–Crippen MR) is 114 cm³/mol. The molecule has 2 aromatic carbocycles. The second kappa shape index (κ2) is 10.2. The van der Waals surface area contributed by atoms with Gasteiger partial charge in [0, 0.05) is 18.7 Å². The van der Waals surface area contributed by atoms with Crippen molar-refractivity contribution < 1.29 is 22.7 Å². The highest BCUT2D eigenvalue weighted by Crippen LogP contribution is 2.19. The number of nitrogens with one attached hydrogen (secondary N) is 2. The molecule has 162 valence electrons. The van der Waals surface area contributed by atoms with Gasteiger partial charge in [-0.3, -0.25) is 20.4 Å². The number of hydrogen-bond acceptors (Lipinski definition) is 5. The lowest BCUT2D eigenvalue weighted by Gasteiger charge is -2.18. The largest absolute Gasteiger partial charge is 0.483 e. The molecule has 0 fully saturated rings. The minimum absolute atomic E-state index is 0.0171. The number of amides is 2. The number of nitrogens with zero attached hydrogens (tertiary/aromatic N) is 1. The van der Waals surface area contributed by atoms with Crippen molar-refractivity contribution in [3.05, 3.63) is 59.2 Å². The molecule has 2 N–H and O–H groups in total. The topological polar surface area (TPSA) is 105 Å². The first-order valence-electron chi connectivity index (χ1n) is 9.58. The maximum Gasteiger partial charge on any atom is 0.276 e. The molecule has 0 unspecified atom stereocenters. The molecule has 0 heterocycles. The number of carbonyl (C=O) groups is 2. The first-order chi connectivity index (χ1) is 14.2. The normalized spacial score (nSPS) is 11.2. The molecule has 0 bridgehead atoms. The van der Waals surface area contributed by atoms with Crippen LogP contribution in [-0.2, 0) is 14.8 Å². The zero-order valence-electron chi connectivity index (χ0n) is 17.6. The fourth-order valence-corrected chi connectivity index (χ4v) is 4.26. The lowest BCUT2D eigenvalue weighted by atomic mass is 10.1. The molecule has 0 aliphatic rings. The highest BCUT2D eigenvalue weighted by atomic mass is 32.2. The van der Waals surface area contributed by atoms with Gasteiger partial charge < -0.3 is 4.74 Å². The summed E-state index contributed by atoms with van der Waals surface area (Å²) in [6, 6.07) is 11.3. The van der Waals surface area contributed by atoms with Gasteiger partial charge in [0.25, 0.3) is 11.8 Å². The number of sulfonamides is 1. The smallest absolute Gasteiger partial charge is 0.276 e. The summed E-state index contributed by atoms with van der Waals surface area (Å²) in [4.78, 5) is 24.3. The van der Waals surface area contributed by atoms with E-state index in [-0.39, 0.29) is 17.1 Å². The third kappa shape index (κ3) is 5.80. The average Bonchev–Trinajstić information content (AvgIpc) is 2.73. The van der Waals surface area contributed by atoms with Crippen molar-refractivity contribution >= 4 is 21.8 Å². The summed E-state index contributed by atoms with van der Waals surface area (Å²) in [6.45, 7) is 7.65. The molecule has 0 aliphatic heterocycles. The number of rotatable bonds is 8. The molecule has 30 heavy (non-hydrogen) atoms. The van der Waals surface area contributed by atoms with E-state index in [9.17, 15) is 18.0 Å². The Balaban J connectivity index is 1.98. The van der Waals surface area contributed by atoms with Gasteiger partial charge in [-0.15, -0.1) is 0 Å². The summed E-state index contributed by atoms with van der Waals surface area (Å²) in [6.07, 6.45) is 0. The van der Waals surface area contributed by atoms with E-state index >= 15 is 0 Å². The van der Waals surface area contributed by atoms with E-state index in [4.69, 9.17) is 4.74 Å². The molecule has 0 saturated heterocycles. The molecule has 0 radical (unpaired) electrons. The average molecular weight is 434 g/mol. The molecule has 0 saturated carbocycles. The Hall–Kier alpha value is -2.91. The molecule has 2 amide bonds. The first-order valence-corrected chi connectivity index (χ1v) is 11.0. The molecule has 0 aromatic heterocycles. The Labute approximate surface area is 177 Å². The van der Waals surface area contributed by atoms with Gasteiger partial charge in [-0.25, -0.2) is 8.42 Å². The van der Waals surface area contributed by atoms with Gasteiger partial charge in [0.15, 0.2) is 6.61 Å². The second-order valence-electron chi connectivity index (χ2n) is 6.68. The van der Waals surface area contributed by atoms with Gasteiger partial charge in [0.05, 0.1) is 4.90 Å². The summed E-state index contributed by atoms with van der Waals surface area (Å²) in [5.41, 5.74) is 6.54. The van der Waals surface area contributed by atoms with Crippen LogP contribution in [0.25, 0.3) is 0 Å². The summed E-state index contributed by atoms with van der Waals surface area (Å²) in [5.74, 6) is -0.589. The Morgan fingerprint density at radius 1 is 1.00 bits per heavy atom. The maximum atomic E-state index is 12.6.